The Balaban J connectivity index is 0.979. The summed E-state index contributed by atoms with van der Waals surface area (Å²) in [4.78, 5) is 30.3. The third-order valence-electron chi connectivity index (χ3n) is 11.6. The minimum atomic E-state index is -0.290. The van der Waals surface area contributed by atoms with Gasteiger partial charge in [-0.15, -0.1) is 0 Å². The maximum atomic E-state index is 5.09. The summed E-state index contributed by atoms with van der Waals surface area (Å²) < 4.78 is 0. The fraction of sp³-hybridized carbons (Fsp3) is 0.132. The van der Waals surface area contributed by atoms with Crippen LogP contribution in [0.3, 0.4) is 0 Å². The first-order valence-corrected chi connectivity index (χ1v) is 20.4. The van der Waals surface area contributed by atoms with Gasteiger partial charge in [0.05, 0.1) is 0 Å². The second kappa shape index (κ2) is 15.3. The van der Waals surface area contributed by atoms with Crippen LogP contribution in [0.2, 0.25) is 0 Å². The number of aryl methyl sites for hydroxylation is 1. The highest BCUT2D eigenvalue weighted by Gasteiger charge is 2.25. The van der Waals surface area contributed by atoms with Crippen LogP contribution >= 0.6 is 0 Å². The largest absolute Gasteiger partial charge is 0.208 e. The lowest BCUT2D eigenvalue weighted by molar-refractivity contribution is 0.641. The molecule has 0 fully saturated rings. The van der Waals surface area contributed by atoms with Gasteiger partial charge >= 0.3 is 0 Å². The van der Waals surface area contributed by atoms with Gasteiger partial charge < -0.3 is 0 Å². The number of aromatic nitrogens is 6. The highest BCUT2D eigenvalue weighted by molar-refractivity contribution is 5.95. The predicted octanol–water partition coefficient (Wildman–Crippen LogP) is 12.6. The molecule has 0 N–H and O–H groups in total. The standard InChI is InChI=1S/C53H42N6/c1-53(2,41-31-27-39(28-32-41)49-54-47(37-17-5-3-6-18-37)56-51(58-49)45-25-13-21-35-15-9-11-23-43(35)45)42-33-29-40(30-34-42)50-55-48(38-19-7-4-8-20-38)57-52(59-50)46-26-14-22-36-16-10-12-24-44(36)46/h3,5-7,10-14,16-34H,4,8-9,15H2,1-2H3. The smallest absolute Gasteiger partial charge is 0.164 e. The number of hydrogen-bond donors (Lipinski definition) is 0. The molecular weight excluding hydrogens is 721 g/mol. The molecule has 0 spiro atoms. The molecule has 0 unspecified atom stereocenters. The van der Waals surface area contributed by atoms with Crippen LogP contribution in [0, 0.1) is 0 Å². The van der Waals surface area contributed by atoms with Crippen molar-refractivity contribution in [3.63, 3.8) is 0 Å². The summed E-state index contributed by atoms with van der Waals surface area (Å²) in [6, 6.07) is 48.6. The Labute approximate surface area is 344 Å². The van der Waals surface area contributed by atoms with Crippen molar-refractivity contribution in [2.75, 3.05) is 0 Å². The van der Waals surface area contributed by atoms with E-state index in [4.69, 9.17) is 29.9 Å². The average Bonchev–Trinajstić information content (AvgIpc) is 3.31. The van der Waals surface area contributed by atoms with E-state index in [-0.39, 0.29) is 5.41 Å². The molecular formula is C53H42N6. The highest BCUT2D eigenvalue weighted by atomic mass is 15.0. The summed E-state index contributed by atoms with van der Waals surface area (Å²) in [7, 11) is 0. The maximum Gasteiger partial charge on any atom is 0.164 e. The van der Waals surface area contributed by atoms with E-state index >= 15 is 0 Å². The Kier molecular flexibility index (Phi) is 9.38. The van der Waals surface area contributed by atoms with Crippen molar-refractivity contribution in [1.29, 1.82) is 0 Å². The second-order valence-electron chi connectivity index (χ2n) is 15.7. The van der Waals surface area contributed by atoms with Crippen LogP contribution in [0.5, 0.6) is 0 Å². The summed E-state index contributed by atoms with van der Waals surface area (Å²) >= 11 is 0. The van der Waals surface area contributed by atoms with Crippen molar-refractivity contribution in [3.8, 4) is 56.9 Å². The van der Waals surface area contributed by atoms with Gasteiger partial charge in [-0.2, -0.15) is 0 Å². The number of allylic oxidation sites excluding steroid dienone is 5. The quantitative estimate of drug-likeness (QED) is 0.153. The minimum Gasteiger partial charge on any atom is -0.208 e. The molecule has 8 aromatic rings. The SMILES string of the molecule is CC(C)(c1ccc(-c2nc(-c3ccccc3)nc(-c3cccc4c3C=CCC4)n2)cc1)c1ccc(-c2nc(C3=CCCC=C3)nc(-c3cccc4ccccc34)n2)cc1. The Hall–Kier alpha value is -7.18. The van der Waals surface area contributed by atoms with Crippen LogP contribution in [0.4, 0.5) is 0 Å². The van der Waals surface area contributed by atoms with Gasteiger partial charge in [0.1, 0.15) is 0 Å². The number of nitrogens with zero attached hydrogens (tertiary/aromatic N) is 6. The first kappa shape index (κ1) is 36.2. The minimum absolute atomic E-state index is 0.290. The molecule has 59 heavy (non-hydrogen) atoms. The Morgan fingerprint density at radius 2 is 0.966 bits per heavy atom. The van der Waals surface area contributed by atoms with Gasteiger partial charge in [0, 0.05) is 38.8 Å². The van der Waals surface area contributed by atoms with Crippen molar-refractivity contribution in [2.24, 2.45) is 0 Å². The molecule has 6 aromatic carbocycles. The molecule has 0 amide bonds. The number of rotatable bonds is 8. The van der Waals surface area contributed by atoms with E-state index in [2.05, 4.69) is 166 Å². The lowest BCUT2D eigenvalue weighted by Gasteiger charge is -2.26. The highest BCUT2D eigenvalue weighted by Crippen LogP contribution is 2.36. The van der Waals surface area contributed by atoms with Crippen molar-refractivity contribution >= 4 is 22.4 Å². The predicted molar refractivity (Wildman–Crippen MR) is 240 cm³/mol. The van der Waals surface area contributed by atoms with Gasteiger partial charge in [-0.3, -0.25) is 0 Å². The fourth-order valence-corrected chi connectivity index (χ4v) is 8.20. The van der Waals surface area contributed by atoms with Crippen molar-refractivity contribution < 1.29 is 0 Å². The van der Waals surface area contributed by atoms with Crippen LogP contribution in [0.25, 0.3) is 79.4 Å². The van der Waals surface area contributed by atoms with E-state index in [0.29, 0.717) is 34.9 Å². The summed E-state index contributed by atoms with van der Waals surface area (Å²) in [5.74, 6) is 4.02. The van der Waals surface area contributed by atoms with E-state index in [1.165, 1.54) is 22.3 Å². The molecule has 2 heterocycles. The molecule has 6 heteroatoms. The molecule has 0 saturated heterocycles. The molecule has 0 saturated carbocycles. The molecule has 0 radical (unpaired) electrons. The third kappa shape index (κ3) is 7.08. The Bertz CT molecular complexity index is 2940. The first-order valence-electron chi connectivity index (χ1n) is 20.4. The van der Waals surface area contributed by atoms with Gasteiger partial charge in [0.25, 0.3) is 0 Å². The zero-order chi connectivity index (χ0) is 39.8. The van der Waals surface area contributed by atoms with Gasteiger partial charge in [-0.05, 0) is 58.7 Å². The van der Waals surface area contributed by atoms with Crippen molar-refractivity contribution in [1.82, 2.24) is 29.9 Å². The summed E-state index contributed by atoms with van der Waals surface area (Å²) in [5, 5.41) is 2.28. The molecule has 2 aromatic heterocycles. The van der Waals surface area contributed by atoms with E-state index in [0.717, 1.165) is 69.8 Å². The van der Waals surface area contributed by atoms with Gasteiger partial charge in [-0.1, -0.05) is 184 Å². The fourth-order valence-electron chi connectivity index (χ4n) is 8.20. The number of fused-ring (bicyclic) bond motifs is 2. The molecule has 284 valence electrons. The van der Waals surface area contributed by atoms with Crippen LogP contribution in [-0.2, 0) is 11.8 Å². The monoisotopic (exact) mass is 762 g/mol. The van der Waals surface area contributed by atoms with Crippen molar-refractivity contribution in [2.45, 2.75) is 44.9 Å². The molecule has 2 aliphatic rings. The van der Waals surface area contributed by atoms with Gasteiger partial charge in [0.15, 0.2) is 34.9 Å². The van der Waals surface area contributed by atoms with Crippen LogP contribution in [0.15, 0.2) is 164 Å². The zero-order valence-electron chi connectivity index (χ0n) is 33.2. The molecule has 10 rings (SSSR count). The number of hydrogen-bond acceptors (Lipinski definition) is 6. The van der Waals surface area contributed by atoms with Crippen molar-refractivity contribution in [3.05, 3.63) is 192 Å². The normalized spacial score (nSPS) is 13.6. The summed E-state index contributed by atoms with van der Waals surface area (Å²) in [6.45, 7) is 4.53. The van der Waals surface area contributed by atoms with E-state index < -0.39 is 0 Å². The Morgan fingerprint density at radius 3 is 1.66 bits per heavy atom. The van der Waals surface area contributed by atoms with Crippen LogP contribution < -0.4 is 0 Å². The molecule has 0 aliphatic heterocycles. The van der Waals surface area contributed by atoms with Crippen LogP contribution in [0.1, 0.15) is 61.2 Å². The van der Waals surface area contributed by atoms with E-state index in [1.54, 1.807) is 0 Å². The molecule has 6 nitrogen and oxygen atoms in total. The average molecular weight is 763 g/mol. The molecule has 0 atom stereocenters. The second-order valence-corrected chi connectivity index (χ2v) is 15.7. The lowest BCUT2D eigenvalue weighted by Crippen LogP contribution is -2.18. The lowest BCUT2D eigenvalue weighted by atomic mass is 9.77. The topological polar surface area (TPSA) is 77.3 Å². The third-order valence-corrected chi connectivity index (χ3v) is 11.6. The van der Waals surface area contributed by atoms with E-state index in [1.807, 2.05) is 18.2 Å². The van der Waals surface area contributed by atoms with Gasteiger partial charge in [0.2, 0.25) is 0 Å². The zero-order valence-corrected chi connectivity index (χ0v) is 33.2. The summed E-state index contributed by atoms with van der Waals surface area (Å²) in [5.41, 5.74) is 10.5. The maximum absolute atomic E-state index is 5.09. The van der Waals surface area contributed by atoms with E-state index in [9.17, 15) is 0 Å². The number of benzene rings is 6. The Morgan fingerprint density at radius 1 is 0.424 bits per heavy atom. The summed E-state index contributed by atoms with van der Waals surface area (Å²) in [6.07, 6.45) is 15.0. The molecule has 0 bridgehead atoms. The molecule has 2 aliphatic carbocycles. The van der Waals surface area contributed by atoms with Crippen LogP contribution in [-0.4, -0.2) is 29.9 Å². The first-order chi connectivity index (χ1) is 29.0. The van der Waals surface area contributed by atoms with Gasteiger partial charge in [-0.25, -0.2) is 29.9 Å².